The molecule has 0 bridgehead atoms. The molecule has 3 nitrogen and oxygen atoms in total. The van der Waals surface area contributed by atoms with Crippen LogP contribution >= 0.6 is 39.1 Å². The lowest BCUT2D eigenvalue weighted by Crippen LogP contribution is -2.15. The third-order valence-electron chi connectivity index (χ3n) is 2.38. The van der Waals surface area contributed by atoms with Crippen molar-refractivity contribution in [1.82, 2.24) is 0 Å². The SMILES string of the molecule is O=C(Nc1ccccc1Cl)c1cc(Cl)cc(Br)c1[O-]. The van der Waals surface area contributed by atoms with Crippen LogP contribution in [0.5, 0.6) is 5.75 Å². The van der Waals surface area contributed by atoms with E-state index in [1.54, 1.807) is 24.3 Å². The topological polar surface area (TPSA) is 52.2 Å². The van der Waals surface area contributed by atoms with Crippen LogP contribution in [-0.2, 0) is 0 Å². The fraction of sp³-hybridized carbons (Fsp3) is 0. The minimum Gasteiger partial charge on any atom is -0.871 e. The summed E-state index contributed by atoms with van der Waals surface area (Å²) in [5, 5.41) is 15.1. The lowest BCUT2D eigenvalue weighted by Gasteiger charge is -2.16. The van der Waals surface area contributed by atoms with Gasteiger partial charge in [0.25, 0.3) is 5.91 Å². The van der Waals surface area contributed by atoms with Crippen molar-refractivity contribution in [2.75, 3.05) is 5.32 Å². The molecular formula is C13H7BrCl2NO2-. The lowest BCUT2D eigenvalue weighted by molar-refractivity contribution is -0.269. The van der Waals surface area contributed by atoms with E-state index >= 15 is 0 Å². The fourth-order valence-corrected chi connectivity index (χ4v) is 2.47. The summed E-state index contributed by atoms with van der Waals surface area (Å²) in [4.78, 5) is 12.0. The van der Waals surface area contributed by atoms with E-state index in [4.69, 9.17) is 23.2 Å². The predicted octanol–water partition coefficient (Wildman–Crippen LogP) is 4.08. The van der Waals surface area contributed by atoms with Crippen LogP contribution < -0.4 is 10.4 Å². The van der Waals surface area contributed by atoms with Crippen LogP contribution in [0.25, 0.3) is 0 Å². The van der Waals surface area contributed by atoms with Gasteiger partial charge in [-0.05, 0) is 24.3 Å². The third kappa shape index (κ3) is 3.21. The molecule has 0 radical (unpaired) electrons. The van der Waals surface area contributed by atoms with Gasteiger partial charge in [0, 0.05) is 15.1 Å². The second-order valence-corrected chi connectivity index (χ2v) is 5.40. The number of carbonyl (C=O) groups is 1. The second-order valence-electron chi connectivity index (χ2n) is 3.70. The van der Waals surface area contributed by atoms with E-state index in [0.29, 0.717) is 15.7 Å². The Bertz CT molecular complexity index is 647. The van der Waals surface area contributed by atoms with Gasteiger partial charge < -0.3 is 10.4 Å². The van der Waals surface area contributed by atoms with E-state index in [0.717, 1.165) is 0 Å². The molecule has 0 heterocycles. The van der Waals surface area contributed by atoms with Crippen LogP contribution in [-0.4, -0.2) is 5.91 Å². The van der Waals surface area contributed by atoms with Crippen molar-refractivity contribution >= 4 is 50.7 Å². The zero-order chi connectivity index (χ0) is 14.0. The van der Waals surface area contributed by atoms with Crippen molar-refractivity contribution in [1.29, 1.82) is 0 Å². The molecule has 0 unspecified atom stereocenters. The molecule has 1 N–H and O–H groups in total. The second kappa shape index (κ2) is 5.82. The Morgan fingerprint density at radius 2 is 1.89 bits per heavy atom. The van der Waals surface area contributed by atoms with Crippen LogP contribution in [0, 0.1) is 0 Å². The molecule has 0 aliphatic carbocycles. The summed E-state index contributed by atoms with van der Waals surface area (Å²) in [6.07, 6.45) is 0. The highest BCUT2D eigenvalue weighted by Gasteiger charge is 2.11. The average molecular weight is 360 g/mol. The molecule has 1 amide bonds. The number of hydrogen-bond donors (Lipinski definition) is 1. The van der Waals surface area contributed by atoms with Crippen molar-refractivity contribution in [3.8, 4) is 5.75 Å². The molecule has 98 valence electrons. The highest BCUT2D eigenvalue weighted by Crippen LogP contribution is 2.30. The smallest absolute Gasteiger partial charge is 0.255 e. The molecule has 6 heteroatoms. The summed E-state index contributed by atoms with van der Waals surface area (Å²) in [5.41, 5.74) is 0.393. The first kappa shape index (κ1) is 14.2. The average Bonchev–Trinajstić information content (AvgIpc) is 2.36. The molecule has 0 aliphatic rings. The molecule has 0 atom stereocenters. The molecule has 0 fully saturated rings. The van der Waals surface area contributed by atoms with Crippen molar-refractivity contribution in [2.24, 2.45) is 0 Å². The lowest BCUT2D eigenvalue weighted by atomic mass is 10.2. The van der Waals surface area contributed by atoms with Gasteiger partial charge >= 0.3 is 0 Å². The number of anilines is 1. The summed E-state index contributed by atoms with van der Waals surface area (Å²) in [6.45, 7) is 0. The number of nitrogens with one attached hydrogen (secondary N) is 1. The van der Waals surface area contributed by atoms with Crippen molar-refractivity contribution in [2.45, 2.75) is 0 Å². The van der Waals surface area contributed by atoms with E-state index in [-0.39, 0.29) is 10.0 Å². The number of para-hydroxylation sites is 1. The number of carbonyl (C=O) groups excluding carboxylic acids is 1. The molecule has 0 saturated heterocycles. The van der Waals surface area contributed by atoms with Gasteiger partial charge in [-0.3, -0.25) is 4.79 Å². The molecule has 2 aromatic rings. The van der Waals surface area contributed by atoms with Crippen LogP contribution in [0.3, 0.4) is 0 Å². The monoisotopic (exact) mass is 358 g/mol. The van der Waals surface area contributed by atoms with E-state index < -0.39 is 11.7 Å². The van der Waals surface area contributed by atoms with Gasteiger partial charge in [0.05, 0.1) is 10.7 Å². The maximum atomic E-state index is 12.0. The van der Waals surface area contributed by atoms with Crippen LogP contribution in [0.15, 0.2) is 40.9 Å². The molecule has 0 saturated carbocycles. The number of hydrogen-bond acceptors (Lipinski definition) is 2. The van der Waals surface area contributed by atoms with Gasteiger partial charge in [0.1, 0.15) is 0 Å². The van der Waals surface area contributed by atoms with Crippen molar-refractivity contribution < 1.29 is 9.90 Å². The molecular weight excluding hydrogens is 353 g/mol. The first-order chi connectivity index (χ1) is 8.99. The quantitative estimate of drug-likeness (QED) is 0.878. The minimum absolute atomic E-state index is 0.0423. The largest absolute Gasteiger partial charge is 0.871 e. The van der Waals surface area contributed by atoms with Crippen LogP contribution in [0.1, 0.15) is 10.4 Å². The zero-order valence-corrected chi connectivity index (χ0v) is 12.5. The summed E-state index contributed by atoms with van der Waals surface area (Å²) in [7, 11) is 0. The molecule has 0 aliphatic heterocycles. The summed E-state index contributed by atoms with van der Waals surface area (Å²) >= 11 is 14.8. The Morgan fingerprint density at radius 3 is 2.58 bits per heavy atom. The predicted molar refractivity (Wildman–Crippen MR) is 78.0 cm³/mol. The molecule has 19 heavy (non-hydrogen) atoms. The molecule has 0 aromatic heterocycles. The van der Waals surface area contributed by atoms with Gasteiger partial charge in [-0.15, -0.1) is 0 Å². The van der Waals surface area contributed by atoms with Gasteiger partial charge in [0.2, 0.25) is 0 Å². The summed E-state index contributed by atoms with van der Waals surface area (Å²) < 4.78 is 0.240. The Kier molecular flexibility index (Phi) is 4.34. The van der Waals surface area contributed by atoms with E-state index in [1.165, 1.54) is 12.1 Å². The Hall–Kier alpha value is -1.23. The summed E-state index contributed by atoms with van der Waals surface area (Å²) in [6, 6.07) is 9.52. The molecule has 0 spiro atoms. The number of benzene rings is 2. The van der Waals surface area contributed by atoms with Crippen LogP contribution in [0.2, 0.25) is 10.0 Å². The third-order valence-corrected chi connectivity index (χ3v) is 3.51. The minimum atomic E-state index is -0.554. The van der Waals surface area contributed by atoms with E-state index in [9.17, 15) is 9.90 Å². The van der Waals surface area contributed by atoms with E-state index in [2.05, 4.69) is 21.2 Å². The summed E-state index contributed by atoms with van der Waals surface area (Å²) in [5.74, 6) is -0.977. The molecule has 2 aromatic carbocycles. The normalized spacial score (nSPS) is 10.3. The Balaban J connectivity index is 2.33. The highest BCUT2D eigenvalue weighted by molar-refractivity contribution is 9.10. The Morgan fingerprint density at radius 1 is 1.21 bits per heavy atom. The van der Waals surface area contributed by atoms with Gasteiger partial charge in [-0.2, -0.15) is 0 Å². The number of rotatable bonds is 2. The van der Waals surface area contributed by atoms with Crippen LogP contribution in [0.4, 0.5) is 5.69 Å². The Labute approximate surface area is 128 Å². The fourth-order valence-electron chi connectivity index (χ4n) is 1.48. The van der Waals surface area contributed by atoms with Gasteiger partial charge in [-0.25, -0.2) is 0 Å². The standard InChI is InChI=1S/C13H8BrCl2NO2/c14-9-6-7(15)5-8(12(9)18)13(19)17-11-4-2-1-3-10(11)16/h1-6,18H,(H,17,19)/p-1. The first-order valence-electron chi connectivity index (χ1n) is 5.21. The van der Waals surface area contributed by atoms with Gasteiger partial charge in [-0.1, -0.05) is 57.0 Å². The zero-order valence-electron chi connectivity index (χ0n) is 9.41. The maximum Gasteiger partial charge on any atom is 0.255 e. The first-order valence-corrected chi connectivity index (χ1v) is 6.76. The van der Waals surface area contributed by atoms with Crippen molar-refractivity contribution in [3.63, 3.8) is 0 Å². The number of amides is 1. The maximum absolute atomic E-state index is 12.0. The number of halogens is 3. The highest BCUT2D eigenvalue weighted by atomic mass is 79.9. The van der Waals surface area contributed by atoms with Gasteiger partial charge in [0.15, 0.2) is 0 Å². The molecule has 2 rings (SSSR count). The van der Waals surface area contributed by atoms with Crippen molar-refractivity contribution in [3.05, 3.63) is 56.5 Å². The van der Waals surface area contributed by atoms with E-state index in [1.807, 2.05) is 0 Å².